The van der Waals surface area contributed by atoms with Gasteiger partial charge in [0, 0.05) is 16.3 Å². The summed E-state index contributed by atoms with van der Waals surface area (Å²) >= 11 is 5.92. The number of ether oxygens (including phenoxy) is 1. The number of fused-ring (bicyclic) bond motifs is 1. The summed E-state index contributed by atoms with van der Waals surface area (Å²) in [6.07, 6.45) is 2.10. The van der Waals surface area contributed by atoms with Crippen LogP contribution in [0.1, 0.15) is 33.3 Å². The SMILES string of the molecule is CCOc1ccc2c(c1)C(C)=CC(C)(C)N2C(=O)Nc1ccc(Cl)cc1. The number of amides is 2. The zero-order valence-corrected chi connectivity index (χ0v) is 16.2. The Morgan fingerprint density at radius 1 is 1.19 bits per heavy atom. The van der Waals surface area contributed by atoms with Crippen LogP contribution in [0.5, 0.6) is 5.75 Å². The van der Waals surface area contributed by atoms with E-state index in [1.807, 2.05) is 39.0 Å². The minimum absolute atomic E-state index is 0.188. The van der Waals surface area contributed by atoms with E-state index >= 15 is 0 Å². The topological polar surface area (TPSA) is 41.6 Å². The first-order valence-corrected chi connectivity index (χ1v) is 9.03. The standard InChI is InChI=1S/C21H23ClN2O2/c1-5-26-17-10-11-19-18(12-17)14(2)13-21(3,4)24(19)20(25)23-16-8-6-15(22)7-9-16/h6-13H,5H2,1-4H3,(H,23,25). The monoisotopic (exact) mass is 370 g/mol. The second-order valence-electron chi connectivity index (χ2n) is 6.87. The van der Waals surface area contributed by atoms with E-state index in [-0.39, 0.29) is 6.03 Å². The van der Waals surface area contributed by atoms with Gasteiger partial charge in [0.05, 0.1) is 17.8 Å². The molecule has 136 valence electrons. The number of hydrogen-bond donors (Lipinski definition) is 1. The predicted octanol–water partition coefficient (Wildman–Crippen LogP) is 5.97. The molecule has 0 fully saturated rings. The zero-order chi connectivity index (χ0) is 18.9. The van der Waals surface area contributed by atoms with E-state index in [9.17, 15) is 4.79 Å². The van der Waals surface area contributed by atoms with Crippen LogP contribution in [0.3, 0.4) is 0 Å². The van der Waals surface area contributed by atoms with Crippen molar-refractivity contribution in [2.75, 3.05) is 16.8 Å². The number of benzene rings is 2. The van der Waals surface area contributed by atoms with Crippen molar-refractivity contribution in [2.24, 2.45) is 0 Å². The number of rotatable bonds is 3. The van der Waals surface area contributed by atoms with Crippen LogP contribution < -0.4 is 15.0 Å². The fraction of sp³-hybridized carbons (Fsp3) is 0.286. The van der Waals surface area contributed by atoms with Gasteiger partial charge in [0.15, 0.2) is 0 Å². The third kappa shape index (κ3) is 3.56. The number of hydrogen-bond acceptors (Lipinski definition) is 2. The third-order valence-electron chi connectivity index (χ3n) is 4.39. The number of carbonyl (C=O) groups is 1. The van der Waals surface area contributed by atoms with Gasteiger partial charge in [0.1, 0.15) is 5.75 Å². The lowest BCUT2D eigenvalue weighted by molar-refractivity contribution is 0.253. The minimum atomic E-state index is -0.458. The van der Waals surface area contributed by atoms with Crippen molar-refractivity contribution in [1.29, 1.82) is 0 Å². The van der Waals surface area contributed by atoms with Gasteiger partial charge in [0.2, 0.25) is 0 Å². The minimum Gasteiger partial charge on any atom is -0.494 e. The fourth-order valence-electron chi connectivity index (χ4n) is 3.35. The number of nitrogens with zero attached hydrogens (tertiary/aromatic N) is 1. The Kier molecular flexibility index (Phi) is 4.97. The molecule has 0 unspecified atom stereocenters. The summed E-state index contributed by atoms with van der Waals surface area (Å²) in [6, 6.07) is 12.7. The smallest absolute Gasteiger partial charge is 0.327 e. The average Bonchev–Trinajstić information content (AvgIpc) is 2.57. The second kappa shape index (κ2) is 7.04. The number of carbonyl (C=O) groups excluding carboxylic acids is 1. The normalized spacial score (nSPS) is 15.1. The number of allylic oxidation sites excluding steroid dienone is 1. The largest absolute Gasteiger partial charge is 0.494 e. The van der Waals surface area contributed by atoms with Crippen LogP contribution >= 0.6 is 11.6 Å². The predicted molar refractivity (Wildman–Crippen MR) is 108 cm³/mol. The summed E-state index contributed by atoms with van der Waals surface area (Å²) in [4.78, 5) is 14.8. The lowest BCUT2D eigenvalue weighted by atomic mass is 9.89. The summed E-state index contributed by atoms with van der Waals surface area (Å²) in [6.45, 7) is 8.67. The van der Waals surface area contributed by atoms with E-state index in [0.29, 0.717) is 17.3 Å². The van der Waals surface area contributed by atoms with Crippen molar-refractivity contribution in [1.82, 2.24) is 0 Å². The van der Waals surface area contributed by atoms with Crippen LogP contribution in [0.25, 0.3) is 5.57 Å². The van der Waals surface area contributed by atoms with E-state index in [1.54, 1.807) is 29.2 Å². The second-order valence-corrected chi connectivity index (χ2v) is 7.30. The Bertz CT molecular complexity index is 857. The van der Waals surface area contributed by atoms with Crippen LogP contribution in [-0.2, 0) is 0 Å². The molecule has 0 radical (unpaired) electrons. The van der Waals surface area contributed by atoms with Crippen LogP contribution in [0.2, 0.25) is 5.02 Å². The summed E-state index contributed by atoms with van der Waals surface area (Å²) in [5.41, 5.74) is 3.24. The molecule has 0 aromatic heterocycles. The van der Waals surface area contributed by atoms with E-state index in [0.717, 1.165) is 22.6 Å². The maximum atomic E-state index is 13.1. The lowest BCUT2D eigenvalue weighted by Crippen LogP contribution is -2.50. The lowest BCUT2D eigenvalue weighted by Gasteiger charge is -2.41. The molecule has 0 aliphatic carbocycles. The molecule has 0 atom stereocenters. The molecule has 1 N–H and O–H groups in total. The van der Waals surface area contributed by atoms with Crippen LogP contribution in [0.15, 0.2) is 48.5 Å². The molecule has 1 aliphatic heterocycles. The van der Waals surface area contributed by atoms with E-state index in [1.165, 1.54) is 0 Å². The van der Waals surface area contributed by atoms with Gasteiger partial charge in [-0.2, -0.15) is 0 Å². The highest BCUT2D eigenvalue weighted by atomic mass is 35.5. The Morgan fingerprint density at radius 2 is 1.88 bits per heavy atom. The molecule has 0 saturated heterocycles. The zero-order valence-electron chi connectivity index (χ0n) is 15.5. The third-order valence-corrected chi connectivity index (χ3v) is 4.64. The first kappa shape index (κ1) is 18.3. The molecule has 2 aromatic carbocycles. The van der Waals surface area contributed by atoms with Crippen LogP contribution in [0.4, 0.5) is 16.2 Å². The van der Waals surface area contributed by atoms with Crippen molar-refractivity contribution in [2.45, 2.75) is 33.2 Å². The Balaban J connectivity index is 1.97. The number of nitrogens with one attached hydrogen (secondary N) is 1. The quantitative estimate of drug-likeness (QED) is 0.722. The fourth-order valence-corrected chi connectivity index (χ4v) is 3.47. The molecule has 0 spiro atoms. The van der Waals surface area contributed by atoms with E-state index < -0.39 is 5.54 Å². The first-order valence-electron chi connectivity index (χ1n) is 8.65. The van der Waals surface area contributed by atoms with Crippen LogP contribution in [-0.4, -0.2) is 18.2 Å². The molecular weight excluding hydrogens is 348 g/mol. The molecule has 2 amide bonds. The number of halogens is 1. The molecule has 2 aromatic rings. The molecule has 3 rings (SSSR count). The van der Waals surface area contributed by atoms with Crippen molar-refractivity contribution >= 4 is 34.6 Å². The van der Waals surface area contributed by atoms with Crippen molar-refractivity contribution in [3.05, 3.63) is 59.1 Å². The van der Waals surface area contributed by atoms with Gasteiger partial charge in [-0.3, -0.25) is 4.90 Å². The van der Waals surface area contributed by atoms with Gasteiger partial charge in [0.25, 0.3) is 0 Å². The molecule has 26 heavy (non-hydrogen) atoms. The maximum absolute atomic E-state index is 13.1. The van der Waals surface area contributed by atoms with Gasteiger partial charge in [-0.05, 0) is 75.7 Å². The van der Waals surface area contributed by atoms with Crippen molar-refractivity contribution in [3.8, 4) is 5.75 Å². The van der Waals surface area contributed by atoms with E-state index in [2.05, 4.69) is 18.3 Å². The molecule has 0 bridgehead atoms. The number of urea groups is 1. The Morgan fingerprint density at radius 3 is 2.54 bits per heavy atom. The molecular formula is C21H23ClN2O2. The molecule has 5 heteroatoms. The van der Waals surface area contributed by atoms with Gasteiger partial charge < -0.3 is 10.1 Å². The van der Waals surface area contributed by atoms with E-state index in [4.69, 9.17) is 16.3 Å². The number of anilines is 2. The summed E-state index contributed by atoms with van der Waals surface area (Å²) in [7, 11) is 0. The summed E-state index contributed by atoms with van der Waals surface area (Å²) in [5.74, 6) is 0.803. The van der Waals surface area contributed by atoms with Gasteiger partial charge >= 0.3 is 6.03 Å². The Hall–Kier alpha value is -2.46. The molecule has 1 heterocycles. The van der Waals surface area contributed by atoms with Crippen molar-refractivity contribution in [3.63, 3.8) is 0 Å². The first-order chi connectivity index (χ1) is 12.3. The summed E-state index contributed by atoms with van der Waals surface area (Å²) in [5, 5.41) is 3.59. The van der Waals surface area contributed by atoms with Crippen molar-refractivity contribution < 1.29 is 9.53 Å². The van der Waals surface area contributed by atoms with Crippen LogP contribution in [0, 0.1) is 0 Å². The highest BCUT2D eigenvalue weighted by Gasteiger charge is 2.36. The van der Waals surface area contributed by atoms with Gasteiger partial charge in [-0.1, -0.05) is 17.7 Å². The Labute approximate surface area is 159 Å². The average molecular weight is 371 g/mol. The summed E-state index contributed by atoms with van der Waals surface area (Å²) < 4.78 is 5.62. The molecule has 4 nitrogen and oxygen atoms in total. The van der Waals surface area contributed by atoms with Gasteiger partial charge in [-0.15, -0.1) is 0 Å². The molecule has 0 saturated carbocycles. The highest BCUT2D eigenvalue weighted by molar-refractivity contribution is 6.30. The maximum Gasteiger partial charge on any atom is 0.327 e. The van der Waals surface area contributed by atoms with Gasteiger partial charge in [-0.25, -0.2) is 4.79 Å². The molecule has 1 aliphatic rings. The highest BCUT2D eigenvalue weighted by Crippen LogP contribution is 2.40.